The third kappa shape index (κ3) is 4.10. The molecular weight excluding hydrogens is 384 g/mol. The monoisotopic (exact) mass is 398 g/mol. The van der Waals surface area contributed by atoms with E-state index in [1.165, 1.54) is 36.7 Å². The van der Waals surface area contributed by atoms with E-state index in [2.05, 4.69) is 10.1 Å². The first-order chi connectivity index (χ1) is 14.4. The van der Waals surface area contributed by atoms with Crippen LogP contribution < -0.4 is 10.4 Å². The molecule has 0 radical (unpaired) electrons. The van der Waals surface area contributed by atoms with Gasteiger partial charge < -0.3 is 20.9 Å². The van der Waals surface area contributed by atoms with Gasteiger partial charge in [0.05, 0.1) is 16.3 Å². The van der Waals surface area contributed by atoms with Crippen LogP contribution in [0.25, 0.3) is 45.2 Å². The van der Waals surface area contributed by atoms with Gasteiger partial charge in [-0.15, -0.1) is 0 Å². The fourth-order valence-corrected chi connectivity index (χ4v) is 3.06. The summed E-state index contributed by atoms with van der Waals surface area (Å²) in [6, 6.07) is 15.7. The minimum Gasteiger partial charge on any atom is -0.707 e. The Hall–Kier alpha value is -4.64. The molecule has 0 amide bonds. The van der Waals surface area contributed by atoms with Gasteiger partial charge in [-0.3, -0.25) is 0 Å². The molecule has 0 heterocycles. The van der Waals surface area contributed by atoms with Crippen LogP contribution in [0.1, 0.15) is 20.7 Å². The first-order valence-electron chi connectivity index (χ1n) is 8.65. The van der Waals surface area contributed by atoms with Crippen LogP contribution in [-0.2, 0) is 0 Å². The SMILES string of the molecule is N#[N+]C=c1cc(-c2ccc(C(=O)O)cc2)c(=CN=[N-])cc1-c1ccc(C(=O)O)cc1. The number of hydrogen-bond acceptors (Lipinski definition) is 4. The Labute approximate surface area is 170 Å². The minimum absolute atomic E-state index is 0.128. The molecule has 0 aliphatic carbocycles. The van der Waals surface area contributed by atoms with Crippen LogP contribution in [0.4, 0.5) is 0 Å². The third-order valence-corrected chi connectivity index (χ3v) is 4.50. The van der Waals surface area contributed by atoms with E-state index in [0.29, 0.717) is 32.7 Å². The van der Waals surface area contributed by atoms with Crippen molar-refractivity contribution < 1.29 is 19.8 Å². The molecule has 0 atom stereocenters. The van der Waals surface area contributed by atoms with Crippen LogP contribution in [-0.4, -0.2) is 22.2 Å². The topological polar surface area (TPSA) is 137 Å². The predicted molar refractivity (Wildman–Crippen MR) is 110 cm³/mol. The third-order valence-electron chi connectivity index (χ3n) is 4.50. The summed E-state index contributed by atoms with van der Waals surface area (Å²) in [5, 5.41) is 31.4. The number of diazo groups is 1. The van der Waals surface area contributed by atoms with E-state index in [1.807, 2.05) is 0 Å². The largest absolute Gasteiger partial charge is 0.707 e. The van der Waals surface area contributed by atoms with E-state index in [9.17, 15) is 9.59 Å². The lowest BCUT2D eigenvalue weighted by atomic mass is 9.95. The Morgan fingerprint density at radius 1 is 0.833 bits per heavy atom. The van der Waals surface area contributed by atoms with Crippen LogP contribution >= 0.6 is 0 Å². The quantitative estimate of drug-likeness (QED) is 0.498. The lowest BCUT2D eigenvalue weighted by Gasteiger charge is -2.09. The van der Waals surface area contributed by atoms with Crippen LogP contribution in [0.5, 0.6) is 0 Å². The van der Waals surface area contributed by atoms with Crippen molar-refractivity contribution in [2.45, 2.75) is 0 Å². The van der Waals surface area contributed by atoms with Crippen LogP contribution in [0.2, 0.25) is 0 Å². The molecule has 8 heteroatoms. The van der Waals surface area contributed by atoms with Crippen LogP contribution in [0.3, 0.4) is 0 Å². The summed E-state index contributed by atoms with van der Waals surface area (Å²) in [6.45, 7) is 0. The van der Waals surface area contributed by atoms with Crippen molar-refractivity contribution in [2.75, 3.05) is 0 Å². The number of carboxylic acid groups (broad SMARTS) is 2. The lowest BCUT2D eigenvalue weighted by Crippen LogP contribution is -2.15. The average molecular weight is 398 g/mol. The van der Waals surface area contributed by atoms with E-state index < -0.39 is 11.9 Å². The van der Waals surface area contributed by atoms with Crippen molar-refractivity contribution in [3.63, 3.8) is 0 Å². The standard InChI is InChI=1S/C22H14N4O4/c23-25-11-17-10-20(14-3-7-16(8-4-14)22(29)30)18(12-26-24)9-19(17)13-1-5-15(6-2-13)21(27)28/h1-12H,(H,27,28)(H,29,30). The molecule has 0 saturated heterocycles. The first-order valence-corrected chi connectivity index (χ1v) is 8.65. The lowest BCUT2D eigenvalue weighted by molar-refractivity contribution is 0.0686. The number of carbonyl (C=O) groups is 2. The van der Waals surface area contributed by atoms with Crippen molar-refractivity contribution in [2.24, 2.45) is 5.11 Å². The summed E-state index contributed by atoms with van der Waals surface area (Å²) < 4.78 is 0. The molecule has 3 aromatic rings. The van der Waals surface area contributed by atoms with Crippen molar-refractivity contribution in [3.05, 3.63) is 92.7 Å². The van der Waals surface area contributed by atoms with E-state index in [0.717, 1.165) is 0 Å². The van der Waals surface area contributed by atoms with Crippen LogP contribution in [0, 0.1) is 5.39 Å². The van der Waals surface area contributed by atoms with Crippen LogP contribution in [0.15, 0.2) is 65.8 Å². The second-order valence-corrected chi connectivity index (χ2v) is 6.28. The maximum Gasteiger partial charge on any atom is 0.358 e. The summed E-state index contributed by atoms with van der Waals surface area (Å²) >= 11 is 0. The fourth-order valence-electron chi connectivity index (χ4n) is 3.06. The highest BCUT2D eigenvalue weighted by Crippen LogP contribution is 2.20. The smallest absolute Gasteiger partial charge is 0.358 e. The number of benzene rings is 3. The first kappa shape index (κ1) is 20.1. The van der Waals surface area contributed by atoms with Gasteiger partial charge >= 0.3 is 18.1 Å². The highest BCUT2D eigenvalue weighted by atomic mass is 16.4. The highest BCUT2D eigenvalue weighted by molar-refractivity contribution is 5.89. The second kappa shape index (κ2) is 8.58. The highest BCUT2D eigenvalue weighted by Gasteiger charge is 2.11. The van der Waals surface area contributed by atoms with Gasteiger partial charge in [0, 0.05) is 6.20 Å². The van der Waals surface area contributed by atoms with Crippen molar-refractivity contribution in [1.82, 2.24) is 0 Å². The fraction of sp³-hybridized carbons (Fsp3) is 0. The molecule has 3 rings (SSSR count). The Balaban J connectivity index is 2.25. The average Bonchev–Trinajstić information content (AvgIpc) is 2.75. The number of aromatic carboxylic acids is 2. The van der Waals surface area contributed by atoms with Gasteiger partial charge in [0.15, 0.2) is 4.98 Å². The number of carboxylic acids is 2. The number of hydrogen-bond donors (Lipinski definition) is 2. The Kier molecular flexibility index (Phi) is 5.75. The molecule has 146 valence electrons. The van der Waals surface area contributed by atoms with Gasteiger partial charge in [0.2, 0.25) is 5.39 Å². The predicted octanol–water partition coefficient (Wildman–Crippen LogP) is 3.77. The Morgan fingerprint density at radius 2 is 1.27 bits per heavy atom. The number of rotatable bonds is 5. The molecule has 0 bridgehead atoms. The van der Waals surface area contributed by atoms with Gasteiger partial charge in [0.25, 0.3) is 0 Å². The second-order valence-electron chi connectivity index (χ2n) is 6.28. The Morgan fingerprint density at radius 3 is 1.67 bits per heavy atom. The minimum atomic E-state index is -1.05. The molecule has 0 saturated carbocycles. The molecule has 2 N–H and O–H groups in total. The van der Waals surface area contributed by atoms with E-state index in [-0.39, 0.29) is 11.1 Å². The molecule has 0 fully saturated rings. The molecule has 0 unspecified atom stereocenters. The van der Waals surface area contributed by atoms with E-state index in [1.54, 1.807) is 36.4 Å². The van der Waals surface area contributed by atoms with E-state index >= 15 is 0 Å². The maximum atomic E-state index is 11.1. The molecule has 0 aliphatic heterocycles. The summed E-state index contributed by atoms with van der Waals surface area (Å²) in [5.41, 5.74) is 11.9. The van der Waals surface area contributed by atoms with Gasteiger partial charge in [-0.05, 0) is 63.9 Å². The normalized spacial score (nSPS) is 11.7. The number of nitrogens with zero attached hydrogens (tertiary/aromatic N) is 4. The molecule has 30 heavy (non-hydrogen) atoms. The van der Waals surface area contributed by atoms with Gasteiger partial charge in [-0.25, -0.2) is 9.59 Å². The van der Waals surface area contributed by atoms with Gasteiger partial charge in [-0.1, -0.05) is 24.3 Å². The van der Waals surface area contributed by atoms with Crippen molar-refractivity contribution in [1.29, 1.82) is 5.39 Å². The molecule has 8 nitrogen and oxygen atoms in total. The van der Waals surface area contributed by atoms with Gasteiger partial charge in [0.1, 0.15) is 0 Å². The summed E-state index contributed by atoms with van der Waals surface area (Å²) in [7, 11) is 0. The zero-order valence-electron chi connectivity index (χ0n) is 15.4. The Bertz CT molecular complexity index is 1310. The molecular formula is C22H14N4O4. The van der Waals surface area contributed by atoms with Crippen molar-refractivity contribution in [3.8, 4) is 22.3 Å². The molecule has 0 aliphatic rings. The summed E-state index contributed by atoms with van der Waals surface area (Å²) in [6.07, 6.45) is 2.46. The maximum absolute atomic E-state index is 11.1. The molecule has 0 spiro atoms. The van der Waals surface area contributed by atoms with Gasteiger partial charge in [-0.2, -0.15) is 0 Å². The molecule has 0 aromatic heterocycles. The summed E-state index contributed by atoms with van der Waals surface area (Å²) in [4.78, 5) is 25.3. The molecule has 3 aromatic carbocycles. The zero-order chi connectivity index (χ0) is 21.7. The summed E-state index contributed by atoms with van der Waals surface area (Å²) in [5.74, 6) is -2.10. The van der Waals surface area contributed by atoms with E-state index in [4.69, 9.17) is 21.1 Å². The van der Waals surface area contributed by atoms with Crippen molar-refractivity contribution >= 4 is 24.3 Å². The zero-order valence-corrected chi connectivity index (χ0v) is 15.4.